The molecular formula is C29H28N2O4. The second-order valence-electron chi connectivity index (χ2n) is 8.38. The first-order chi connectivity index (χ1) is 17.0. The topological polar surface area (TPSA) is 71.8 Å². The van der Waals surface area contributed by atoms with Crippen molar-refractivity contribution in [3.8, 4) is 23.3 Å². The van der Waals surface area contributed by atoms with E-state index >= 15 is 0 Å². The summed E-state index contributed by atoms with van der Waals surface area (Å²) >= 11 is 0. The number of hydrogen-bond donors (Lipinski definition) is 0. The maximum Gasteiger partial charge on any atom is 0.268 e. The van der Waals surface area contributed by atoms with Crippen molar-refractivity contribution >= 4 is 17.7 Å². The fraction of sp³-hybridized carbons (Fsp3) is 0.241. The van der Waals surface area contributed by atoms with Crippen LogP contribution in [0.5, 0.6) is 17.2 Å². The molecule has 3 aromatic carbocycles. The summed E-state index contributed by atoms with van der Waals surface area (Å²) in [5, 5.41) is 9.69. The molecule has 178 valence electrons. The van der Waals surface area contributed by atoms with E-state index in [1.54, 1.807) is 36.3 Å². The van der Waals surface area contributed by atoms with E-state index in [9.17, 15) is 10.1 Å². The average Bonchev–Trinajstić information content (AvgIpc) is 3.31. The molecular weight excluding hydrogens is 440 g/mol. The van der Waals surface area contributed by atoms with Crippen molar-refractivity contribution in [2.45, 2.75) is 20.3 Å². The molecule has 0 aromatic heterocycles. The van der Waals surface area contributed by atoms with Crippen molar-refractivity contribution in [3.63, 3.8) is 0 Å². The van der Waals surface area contributed by atoms with Gasteiger partial charge in [0.05, 0.1) is 7.11 Å². The molecule has 0 bridgehead atoms. The number of fused-ring (bicyclic) bond motifs is 1. The van der Waals surface area contributed by atoms with Crippen LogP contribution in [0.25, 0.3) is 6.08 Å². The molecule has 35 heavy (non-hydrogen) atoms. The molecule has 1 aliphatic rings. The molecule has 0 radical (unpaired) electrons. The number of carbonyl (C=O) groups excluding carboxylic acids is 1. The van der Waals surface area contributed by atoms with E-state index < -0.39 is 0 Å². The van der Waals surface area contributed by atoms with Crippen LogP contribution >= 0.6 is 0 Å². The number of benzene rings is 3. The Labute approximate surface area is 206 Å². The quantitative estimate of drug-likeness (QED) is 0.256. The van der Waals surface area contributed by atoms with Crippen LogP contribution in [-0.2, 0) is 11.2 Å². The van der Waals surface area contributed by atoms with Crippen molar-refractivity contribution in [2.24, 2.45) is 0 Å². The third kappa shape index (κ3) is 5.47. The Balaban J connectivity index is 1.43. The molecule has 6 nitrogen and oxygen atoms in total. The number of methoxy groups -OCH3 is 1. The van der Waals surface area contributed by atoms with Crippen LogP contribution in [0, 0.1) is 25.2 Å². The van der Waals surface area contributed by atoms with Gasteiger partial charge in [-0.3, -0.25) is 4.79 Å². The standard InChI is InChI=1S/C29H28N2O4/c1-20-8-9-21(2)27(16-20)35-15-14-34-26-11-10-22(18-28(26)33-3)17-24(19-30)29(32)31-13-12-23-6-4-5-7-25(23)31/h4-11,16-18H,12-15H2,1-3H3. The second kappa shape index (κ2) is 10.8. The van der Waals surface area contributed by atoms with Crippen LogP contribution in [0.15, 0.2) is 66.2 Å². The molecule has 0 N–H and O–H groups in total. The number of rotatable bonds is 8. The first-order valence-electron chi connectivity index (χ1n) is 11.5. The summed E-state index contributed by atoms with van der Waals surface area (Å²) in [7, 11) is 1.56. The monoisotopic (exact) mass is 468 g/mol. The van der Waals surface area contributed by atoms with E-state index in [4.69, 9.17) is 14.2 Å². The minimum atomic E-state index is -0.305. The number of nitrogens with zero attached hydrogens (tertiary/aromatic N) is 2. The van der Waals surface area contributed by atoms with E-state index in [0.29, 0.717) is 36.8 Å². The Kier molecular flexibility index (Phi) is 7.37. The SMILES string of the molecule is COc1cc(C=C(C#N)C(=O)N2CCc3ccccc32)ccc1OCCOc1cc(C)ccc1C. The average molecular weight is 469 g/mol. The Morgan fingerprint density at radius 1 is 1.00 bits per heavy atom. The number of carbonyl (C=O) groups is 1. The lowest BCUT2D eigenvalue weighted by atomic mass is 10.1. The molecule has 0 saturated heterocycles. The van der Waals surface area contributed by atoms with Gasteiger partial charge in [0.15, 0.2) is 11.5 Å². The van der Waals surface area contributed by atoms with Gasteiger partial charge in [-0.25, -0.2) is 0 Å². The fourth-order valence-corrected chi connectivity index (χ4v) is 4.06. The molecule has 0 unspecified atom stereocenters. The molecule has 1 heterocycles. The summed E-state index contributed by atoms with van der Waals surface area (Å²) in [6, 6.07) is 21.2. The fourth-order valence-electron chi connectivity index (χ4n) is 4.06. The van der Waals surface area contributed by atoms with Crippen LogP contribution in [0.1, 0.15) is 22.3 Å². The van der Waals surface area contributed by atoms with Gasteiger partial charge < -0.3 is 19.1 Å². The summed E-state index contributed by atoms with van der Waals surface area (Å²) in [6.45, 7) is 5.33. The molecule has 6 heteroatoms. The van der Waals surface area contributed by atoms with Crippen LogP contribution in [0.2, 0.25) is 0 Å². The summed E-state index contributed by atoms with van der Waals surface area (Å²) in [4.78, 5) is 14.7. The van der Waals surface area contributed by atoms with Gasteiger partial charge in [0.1, 0.15) is 30.6 Å². The number of para-hydroxylation sites is 1. The van der Waals surface area contributed by atoms with Crippen molar-refractivity contribution in [2.75, 3.05) is 31.8 Å². The van der Waals surface area contributed by atoms with Gasteiger partial charge in [-0.2, -0.15) is 5.26 Å². The lowest BCUT2D eigenvalue weighted by Gasteiger charge is -2.17. The van der Waals surface area contributed by atoms with E-state index in [2.05, 4.69) is 12.1 Å². The highest BCUT2D eigenvalue weighted by Gasteiger charge is 2.26. The Hall–Kier alpha value is -4.24. The molecule has 0 aliphatic carbocycles. The molecule has 3 aromatic rings. The zero-order chi connectivity index (χ0) is 24.8. The van der Waals surface area contributed by atoms with Gasteiger partial charge in [0, 0.05) is 12.2 Å². The number of ether oxygens (including phenoxy) is 3. The Morgan fingerprint density at radius 2 is 1.77 bits per heavy atom. The second-order valence-corrected chi connectivity index (χ2v) is 8.38. The van der Waals surface area contributed by atoms with Gasteiger partial charge in [-0.05, 0) is 72.9 Å². The Morgan fingerprint density at radius 3 is 2.54 bits per heavy atom. The number of anilines is 1. The molecule has 0 atom stereocenters. The number of amides is 1. The zero-order valence-electron chi connectivity index (χ0n) is 20.2. The van der Waals surface area contributed by atoms with E-state index in [1.165, 1.54) is 0 Å². The molecule has 1 amide bonds. The summed E-state index contributed by atoms with van der Waals surface area (Å²) in [5.74, 6) is 1.62. The summed E-state index contributed by atoms with van der Waals surface area (Å²) in [6.07, 6.45) is 2.37. The smallest absolute Gasteiger partial charge is 0.268 e. The molecule has 4 rings (SSSR count). The lowest BCUT2D eigenvalue weighted by molar-refractivity contribution is -0.114. The number of hydrogen-bond acceptors (Lipinski definition) is 5. The molecule has 1 aliphatic heterocycles. The van der Waals surface area contributed by atoms with Gasteiger partial charge in [-0.15, -0.1) is 0 Å². The van der Waals surface area contributed by atoms with Crippen molar-refractivity contribution in [3.05, 3.63) is 88.5 Å². The van der Waals surface area contributed by atoms with Crippen molar-refractivity contribution < 1.29 is 19.0 Å². The predicted octanol–water partition coefficient (Wildman–Crippen LogP) is 5.27. The first kappa shape index (κ1) is 23.9. The number of aryl methyl sites for hydroxylation is 2. The zero-order valence-corrected chi connectivity index (χ0v) is 20.2. The summed E-state index contributed by atoms with van der Waals surface area (Å²) < 4.78 is 17.2. The highest BCUT2D eigenvalue weighted by Crippen LogP contribution is 2.31. The molecule has 0 fully saturated rings. The maximum atomic E-state index is 13.1. The number of nitriles is 1. The minimum absolute atomic E-state index is 0.0688. The van der Waals surface area contributed by atoms with E-state index in [-0.39, 0.29) is 11.5 Å². The van der Waals surface area contributed by atoms with Crippen molar-refractivity contribution in [1.82, 2.24) is 0 Å². The molecule has 0 spiro atoms. The summed E-state index contributed by atoms with van der Waals surface area (Å²) in [5.41, 5.74) is 4.94. The van der Waals surface area contributed by atoms with Crippen LogP contribution in [-0.4, -0.2) is 32.8 Å². The minimum Gasteiger partial charge on any atom is -0.493 e. The Bertz CT molecular complexity index is 1310. The largest absolute Gasteiger partial charge is 0.493 e. The predicted molar refractivity (Wildman–Crippen MR) is 136 cm³/mol. The normalized spacial score (nSPS) is 12.6. The first-order valence-corrected chi connectivity index (χ1v) is 11.5. The van der Waals surface area contributed by atoms with Crippen LogP contribution < -0.4 is 19.1 Å². The van der Waals surface area contributed by atoms with Gasteiger partial charge in [-0.1, -0.05) is 36.4 Å². The van der Waals surface area contributed by atoms with E-state index in [0.717, 1.165) is 34.5 Å². The van der Waals surface area contributed by atoms with Gasteiger partial charge in [0.2, 0.25) is 0 Å². The van der Waals surface area contributed by atoms with Crippen molar-refractivity contribution in [1.29, 1.82) is 5.26 Å². The lowest BCUT2D eigenvalue weighted by Crippen LogP contribution is -2.29. The van der Waals surface area contributed by atoms with Gasteiger partial charge >= 0.3 is 0 Å². The highest BCUT2D eigenvalue weighted by molar-refractivity contribution is 6.12. The third-order valence-corrected chi connectivity index (χ3v) is 5.92. The van der Waals surface area contributed by atoms with Gasteiger partial charge in [0.25, 0.3) is 5.91 Å². The van der Waals surface area contributed by atoms with Crippen LogP contribution in [0.3, 0.4) is 0 Å². The molecule has 0 saturated carbocycles. The van der Waals surface area contributed by atoms with E-state index in [1.807, 2.05) is 50.2 Å². The highest BCUT2D eigenvalue weighted by atomic mass is 16.5. The maximum absolute atomic E-state index is 13.1. The third-order valence-electron chi connectivity index (χ3n) is 5.92. The van der Waals surface area contributed by atoms with Crippen LogP contribution in [0.4, 0.5) is 5.69 Å².